The second-order valence-corrected chi connectivity index (χ2v) is 8.44. The molecule has 0 radical (unpaired) electrons. The number of hydrogen-bond donors (Lipinski definition) is 1. The molecule has 2 heteroatoms. The summed E-state index contributed by atoms with van der Waals surface area (Å²) in [4.78, 5) is 2.22. The van der Waals surface area contributed by atoms with E-state index < -0.39 is 0 Å². The third-order valence-electron chi connectivity index (χ3n) is 4.08. The standard InChI is InChI=1S/C21H32N2/c1-20(2,3)22-21(4,5)19-11-9-8-10-18(19)17-13-12-16(14-17)15-23(6)7/h8-12,14,22H,13,15H2,1-7H3. The van der Waals surface area contributed by atoms with Gasteiger partial charge >= 0.3 is 0 Å². The first-order chi connectivity index (χ1) is 10.6. The van der Waals surface area contributed by atoms with Crippen molar-refractivity contribution in [3.8, 4) is 0 Å². The first-order valence-corrected chi connectivity index (χ1v) is 8.52. The van der Waals surface area contributed by atoms with Crippen LogP contribution in [0.3, 0.4) is 0 Å². The SMILES string of the molecule is CN(C)CC1=CCC(c2ccccc2C(C)(C)NC(C)(C)C)=C1. The summed E-state index contributed by atoms with van der Waals surface area (Å²) in [7, 11) is 4.24. The summed E-state index contributed by atoms with van der Waals surface area (Å²) < 4.78 is 0. The summed E-state index contributed by atoms with van der Waals surface area (Å²) in [6.07, 6.45) is 5.76. The number of benzene rings is 1. The molecule has 0 spiro atoms. The van der Waals surface area contributed by atoms with Crippen LogP contribution in [0.4, 0.5) is 0 Å². The summed E-state index contributed by atoms with van der Waals surface area (Å²) in [6.45, 7) is 12.2. The minimum Gasteiger partial charge on any atom is -0.305 e. The highest BCUT2D eigenvalue weighted by Gasteiger charge is 2.28. The van der Waals surface area contributed by atoms with Crippen LogP contribution >= 0.6 is 0 Å². The van der Waals surface area contributed by atoms with Gasteiger partial charge in [0.2, 0.25) is 0 Å². The van der Waals surface area contributed by atoms with Crippen LogP contribution in [-0.2, 0) is 5.54 Å². The van der Waals surface area contributed by atoms with Gasteiger partial charge in [-0.2, -0.15) is 0 Å². The fourth-order valence-electron chi connectivity index (χ4n) is 3.56. The lowest BCUT2D eigenvalue weighted by molar-refractivity contribution is 0.286. The second-order valence-electron chi connectivity index (χ2n) is 8.44. The Morgan fingerprint density at radius 1 is 1.04 bits per heavy atom. The molecule has 1 aliphatic carbocycles. The Morgan fingerprint density at radius 3 is 2.30 bits per heavy atom. The fourth-order valence-corrected chi connectivity index (χ4v) is 3.56. The normalized spacial score (nSPS) is 15.8. The van der Waals surface area contributed by atoms with E-state index >= 15 is 0 Å². The van der Waals surface area contributed by atoms with Crippen LogP contribution in [-0.4, -0.2) is 31.1 Å². The molecule has 1 N–H and O–H groups in total. The molecule has 0 aromatic heterocycles. The molecule has 0 fully saturated rings. The molecule has 2 nitrogen and oxygen atoms in total. The quantitative estimate of drug-likeness (QED) is 0.856. The number of nitrogens with one attached hydrogen (secondary N) is 1. The number of allylic oxidation sites excluding steroid dienone is 2. The van der Waals surface area contributed by atoms with Crippen molar-refractivity contribution >= 4 is 5.57 Å². The molecule has 0 bridgehead atoms. The molecule has 23 heavy (non-hydrogen) atoms. The third kappa shape index (κ3) is 4.79. The smallest absolute Gasteiger partial charge is 0.0387 e. The zero-order valence-corrected chi connectivity index (χ0v) is 15.8. The van der Waals surface area contributed by atoms with Crippen molar-refractivity contribution < 1.29 is 0 Å². The molecule has 0 saturated carbocycles. The Kier molecular flexibility index (Phi) is 5.17. The number of likely N-dealkylation sites (N-methyl/N-ethyl adjacent to an activating group) is 1. The molecular formula is C21H32N2. The lowest BCUT2D eigenvalue weighted by Gasteiger charge is -2.36. The van der Waals surface area contributed by atoms with Gasteiger partial charge in [-0.3, -0.25) is 0 Å². The molecular weight excluding hydrogens is 280 g/mol. The fraction of sp³-hybridized carbons (Fsp3) is 0.524. The van der Waals surface area contributed by atoms with Crippen molar-refractivity contribution in [1.29, 1.82) is 0 Å². The van der Waals surface area contributed by atoms with E-state index in [2.05, 4.69) is 95.3 Å². The Bertz CT molecular complexity index is 613. The third-order valence-corrected chi connectivity index (χ3v) is 4.08. The van der Waals surface area contributed by atoms with E-state index in [0.29, 0.717) is 0 Å². The molecule has 0 heterocycles. The Labute approximate surface area is 142 Å². The molecule has 2 rings (SSSR count). The van der Waals surface area contributed by atoms with Gasteiger partial charge in [-0.1, -0.05) is 36.4 Å². The van der Waals surface area contributed by atoms with Gasteiger partial charge in [-0.05, 0) is 77.4 Å². The zero-order chi connectivity index (χ0) is 17.3. The van der Waals surface area contributed by atoms with Gasteiger partial charge in [0.15, 0.2) is 0 Å². The van der Waals surface area contributed by atoms with E-state index in [1.165, 1.54) is 22.3 Å². The summed E-state index contributed by atoms with van der Waals surface area (Å²) in [5.74, 6) is 0. The van der Waals surface area contributed by atoms with Crippen molar-refractivity contribution in [3.05, 3.63) is 53.1 Å². The molecule has 126 valence electrons. The van der Waals surface area contributed by atoms with Gasteiger partial charge in [0, 0.05) is 17.6 Å². The topological polar surface area (TPSA) is 15.3 Å². The maximum Gasteiger partial charge on any atom is 0.0387 e. The second kappa shape index (κ2) is 6.62. The monoisotopic (exact) mass is 312 g/mol. The highest BCUT2D eigenvalue weighted by molar-refractivity contribution is 5.75. The highest BCUT2D eigenvalue weighted by Crippen LogP contribution is 2.35. The number of rotatable bonds is 5. The van der Waals surface area contributed by atoms with Crippen LogP contribution in [0.25, 0.3) is 5.57 Å². The molecule has 0 atom stereocenters. The Morgan fingerprint density at radius 2 is 1.70 bits per heavy atom. The van der Waals surface area contributed by atoms with Gasteiger partial charge in [-0.15, -0.1) is 0 Å². The van der Waals surface area contributed by atoms with Gasteiger partial charge in [0.05, 0.1) is 0 Å². The largest absolute Gasteiger partial charge is 0.305 e. The molecule has 0 amide bonds. The first kappa shape index (κ1) is 18.0. The van der Waals surface area contributed by atoms with Crippen LogP contribution in [0.2, 0.25) is 0 Å². The van der Waals surface area contributed by atoms with Crippen LogP contribution in [0.1, 0.15) is 52.2 Å². The van der Waals surface area contributed by atoms with Crippen LogP contribution in [0.15, 0.2) is 42.0 Å². The van der Waals surface area contributed by atoms with Crippen molar-refractivity contribution in [1.82, 2.24) is 10.2 Å². The first-order valence-electron chi connectivity index (χ1n) is 8.52. The average Bonchev–Trinajstić information content (AvgIpc) is 2.83. The minimum absolute atomic E-state index is 0.0695. The summed E-state index contributed by atoms with van der Waals surface area (Å²) in [5.41, 5.74) is 5.61. The molecule has 0 saturated heterocycles. The van der Waals surface area contributed by atoms with Gasteiger partial charge in [0.25, 0.3) is 0 Å². The average molecular weight is 313 g/mol. The van der Waals surface area contributed by atoms with Gasteiger partial charge < -0.3 is 10.2 Å². The summed E-state index contributed by atoms with van der Waals surface area (Å²) in [6, 6.07) is 8.82. The van der Waals surface area contributed by atoms with Crippen LogP contribution in [0, 0.1) is 0 Å². The van der Waals surface area contributed by atoms with Crippen molar-refractivity contribution in [2.24, 2.45) is 0 Å². The number of hydrogen-bond acceptors (Lipinski definition) is 2. The van der Waals surface area contributed by atoms with Crippen molar-refractivity contribution in [3.63, 3.8) is 0 Å². The van der Waals surface area contributed by atoms with Gasteiger partial charge in [-0.25, -0.2) is 0 Å². The molecule has 0 unspecified atom stereocenters. The van der Waals surface area contributed by atoms with Crippen LogP contribution in [0.5, 0.6) is 0 Å². The lowest BCUT2D eigenvalue weighted by atomic mass is 9.85. The van der Waals surface area contributed by atoms with Crippen molar-refractivity contribution in [2.75, 3.05) is 20.6 Å². The molecule has 1 aromatic carbocycles. The van der Waals surface area contributed by atoms with Gasteiger partial charge in [0.1, 0.15) is 0 Å². The van der Waals surface area contributed by atoms with Crippen molar-refractivity contribution in [2.45, 2.75) is 52.1 Å². The molecule has 0 aliphatic heterocycles. The van der Waals surface area contributed by atoms with E-state index in [-0.39, 0.29) is 11.1 Å². The summed E-state index contributed by atoms with van der Waals surface area (Å²) in [5, 5.41) is 3.77. The maximum absolute atomic E-state index is 3.77. The van der Waals surface area contributed by atoms with E-state index in [0.717, 1.165) is 13.0 Å². The van der Waals surface area contributed by atoms with E-state index in [9.17, 15) is 0 Å². The summed E-state index contributed by atoms with van der Waals surface area (Å²) >= 11 is 0. The molecule has 1 aliphatic rings. The Hall–Kier alpha value is -1.38. The maximum atomic E-state index is 3.77. The number of nitrogens with zero attached hydrogens (tertiary/aromatic N) is 1. The minimum atomic E-state index is -0.0695. The molecule has 1 aromatic rings. The van der Waals surface area contributed by atoms with E-state index in [1.54, 1.807) is 0 Å². The van der Waals surface area contributed by atoms with E-state index in [4.69, 9.17) is 0 Å². The van der Waals surface area contributed by atoms with Crippen LogP contribution < -0.4 is 5.32 Å². The van der Waals surface area contributed by atoms with E-state index in [1.807, 2.05) is 0 Å². The Balaban J connectivity index is 2.33. The highest BCUT2D eigenvalue weighted by atomic mass is 15.0. The predicted molar refractivity (Wildman–Crippen MR) is 102 cm³/mol. The predicted octanol–water partition coefficient (Wildman–Crippen LogP) is 4.58. The zero-order valence-electron chi connectivity index (χ0n) is 15.8. The lowest BCUT2D eigenvalue weighted by Crippen LogP contribution is -2.48.